The zero-order valence-electron chi connectivity index (χ0n) is 17.9. The molecular weight excluding hydrogens is 378 g/mol. The van der Waals surface area contributed by atoms with E-state index in [1.165, 1.54) is 23.3 Å². The summed E-state index contributed by atoms with van der Waals surface area (Å²) in [5, 5.41) is 16.0. The van der Waals surface area contributed by atoms with Crippen molar-refractivity contribution in [3.63, 3.8) is 0 Å². The number of carbonyl (C=O) groups is 2. The van der Waals surface area contributed by atoms with Crippen LogP contribution in [0, 0.1) is 0 Å². The Balaban J connectivity index is 1.67. The van der Waals surface area contributed by atoms with Gasteiger partial charge in [-0.25, -0.2) is 0 Å². The summed E-state index contributed by atoms with van der Waals surface area (Å²) in [6, 6.07) is 13.1. The molecule has 1 heterocycles. The maximum absolute atomic E-state index is 13.0. The van der Waals surface area contributed by atoms with Crippen molar-refractivity contribution in [3.05, 3.63) is 64.7 Å². The smallest absolute Gasteiger partial charge is 0.255 e. The number of rotatable bonds is 6. The molecule has 2 aromatic carbocycles. The fourth-order valence-electron chi connectivity index (χ4n) is 3.95. The normalized spacial score (nSPS) is 14.7. The molecule has 30 heavy (non-hydrogen) atoms. The van der Waals surface area contributed by atoms with Crippen LogP contribution >= 0.6 is 0 Å². The second-order valence-electron chi connectivity index (χ2n) is 8.20. The fourth-order valence-corrected chi connectivity index (χ4v) is 3.95. The SMILES string of the molecule is CNCc1cccc(C2CCN(C(=O)c3ccc(O)c(C(=O)NC(C)C)c3)CC2)c1. The first kappa shape index (κ1) is 21.8. The lowest BCUT2D eigenvalue weighted by Crippen LogP contribution is -2.38. The third-order valence-electron chi connectivity index (χ3n) is 5.49. The van der Waals surface area contributed by atoms with Crippen molar-refractivity contribution in [2.24, 2.45) is 0 Å². The molecule has 1 fully saturated rings. The van der Waals surface area contributed by atoms with Gasteiger partial charge in [-0.05, 0) is 69.0 Å². The first-order chi connectivity index (χ1) is 14.4. The van der Waals surface area contributed by atoms with E-state index in [9.17, 15) is 14.7 Å². The van der Waals surface area contributed by atoms with Crippen molar-refractivity contribution >= 4 is 11.8 Å². The van der Waals surface area contributed by atoms with Gasteiger partial charge in [0.15, 0.2) is 0 Å². The summed E-state index contributed by atoms with van der Waals surface area (Å²) in [7, 11) is 1.94. The quantitative estimate of drug-likeness (QED) is 0.684. The monoisotopic (exact) mass is 409 g/mol. The number of amides is 2. The van der Waals surface area contributed by atoms with Crippen molar-refractivity contribution in [2.45, 2.75) is 45.2 Å². The molecule has 0 unspecified atom stereocenters. The lowest BCUT2D eigenvalue weighted by molar-refractivity contribution is 0.0713. The Morgan fingerprint density at radius 2 is 1.87 bits per heavy atom. The van der Waals surface area contributed by atoms with Crippen LogP contribution in [0.5, 0.6) is 5.75 Å². The van der Waals surface area contributed by atoms with Gasteiger partial charge in [0.2, 0.25) is 0 Å². The van der Waals surface area contributed by atoms with Crippen LogP contribution in [-0.4, -0.2) is 48.0 Å². The molecule has 0 spiro atoms. The molecule has 0 radical (unpaired) electrons. The lowest BCUT2D eigenvalue weighted by atomic mass is 9.88. The number of likely N-dealkylation sites (tertiary alicyclic amines) is 1. The van der Waals surface area contributed by atoms with Crippen molar-refractivity contribution in [3.8, 4) is 5.75 Å². The molecule has 6 heteroatoms. The maximum Gasteiger partial charge on any atom is 0.255 e. The molecular formula is C24H31N3O3. The Morgan fingerprint density at radius 3 is 2.53 bits per heavy atom. The highest BCUT2D eigenvalue weighted by Gasteiger charge is 2.25. The molecule has 0 aromatic heterocycles. The van der Waals surface area contributed by atoms with Gasteiger partial charge in [-0.3, -0.25) is 9.59 Å². The predicted octanol–water partition coefficient (Wildman–Crippen LogP) is 3.27. The topological polar surface area (TPSA) is 81.7 Å². The zero-order valence-corrected chi connectivity index (χ0v) is 17.9. The molecule has 6 nitrogen and oxygen atoms in total. The average Bonchev–Trinajstić information content (AvgIpc) is 2.73. The van der Waals surface area contributed by atoms with Gasteiger partial charge in [0.05, 0.1) is 5.56 Å². The molecule has 3 rings (SSSR count). The van der Waals surface area contributed by atoms with Gasteiger partial charge in [0, 0.05) is 31.2 Å². The molecule has 1 aliphatic heterocycles. The highest BCUT2D eigenvalue weighted by Crippen LogP contribution is 2.29. The van der Waals surface area contributed by atoms with E-state index in [1.54, 1.807) is 6.07 Å². The highest BCUT2D eigenvalue weighted by molar-refractivity contribution is 6.01. The second kappa shape index (κ2) is 9.76. The number of nitrogens with zero attached hydrogens (tertiary/aromatic N) is 1. The molecule has 160 valence electrons. The average molecular weight is 410 g/mol. The number of phenolic OH excluding ortho intramolecular Hbond substituents is 1. The molecule has 2 aromatic rings. The molecule has 0 saturated carbocycles. The summed E-state index contributed by atoms with van der Waals surface area (Å²) >= 11 is 0. The number of benzene rings is 2. The minimum atomic E-state index is -0.377. The van der Waals surface area contributed by atoms with Crippen LogP contribution in [0.3, 0.4) is 0 Å². The van der Waals surface area contributed by atoms with E-state index in [1.807, 2.05) is 25.8 Å². The Bertz CT molecular complexity index is 902. The van der Waals surface area contributed by atoms with E-state index in [0.29, 0.717) is 24.6 Å². The van der Waals surface area contributed by atoms with Crippen LogP contribution in [0.4, 0.5) is 0 Å². The number of piperidine rings is 1. The Kier molecular flexibility index (Phi) is 7.11. The summed E-state index contributed by atoms with van der Waals surface area (Å²) in [6.45, 7) is 5.90. The zero-order chi connectivity index (χ0) is 21.7. The number of hydrogen-bond acceptors (Lipinski definition) is 4. The molecule has 2 amide bonds. The molecule has 1 saturated heterocycles. The summed E-state index contributed by atoms with van der Waals surface area (Å²) in [5.74, 6) is -0.156. The van der Waals surface area contributed by atoms with Crippen molar-refractivity contribution in [1.29, 1.82) is 0 Å². The van der Waals surface area contributed by atoms with Gasteiger partial charge in [-0.2, -0.15) is 0 Å². The lowest BCUT2D eigenvalue weighted by Gasteiger charge is -2.32. The number of carbonyl (C=O) groups excluding carboxylic acids is 2. The molecule has 1 aliphatic rings. The first-order valence-electron chi connectivity index (χ1n) is 10.6. The molecule has 0 atom stereocenters. The third-order valence-corrected chi connectivity index (χ3v) is 5.49. The predicted molar refractivity (Wildman–Crippen MR) is 118 cm³/mol. The Morgan fingerprint density at radius 1 is 1.13 bits per heavy atom. The highest BCUT2D eigenvalue weighted by atomic mass is 16.3. The van der Waals surface area contributed by atoms with Gasteiger partial charge < -0.3 is 20.6 Å². The minimum Gasteiger partial charge on any atom is -0.507 e. The van der Waals surface area contributed by atoms with Crippen LogP contribution in [0.1, 0.15) is 64.4 Å². The Hall–Kier alpha value is -2.86. The van der Waals surface area contributed by atoms with Crippen LogP contribution in [-0.2, 0) is 6.54 Å². The van der Waals surface area contributed by atoms with E-state index in [2.05, 4.69) is 34.9 Å². The van der Waals surface area contributed by atoms with Crippen LogP contribution in [0.2, 0.25) is 0 Å². The fraction of sp³-hybridized carbons (Fsp3) is 0.417. The van der Waals surface area contributed by atoms with E-state index in [4.69, 9.17) is 0 Å². The van der Waals surface area contributed by atoms with Crippen LogP contribution < -0.4 is 10.6 Å². The Labute approximate surface area is 178 Å². The van der Waals surface area contributed by atoms with Gasteiger partial charge in [0.25, 0.3) is 11.8 Å². The van der Waals surface area contributed by atoms with Gasteiger partial charge >= 0.3 is 0 Å². The third kappa shape index (κ3) is 5.19. The number of phenols is 1. The van der Waals surface area contributed by atoms with Gasteiger partial charge in [0.1, 0.15) is 5.75 Å². The standard InChI is InChI=1S/C24H31N3O3/c1-16(2)26-23(29)21-14-20(7-8-22(21)28)24(30)27-11-9-18(10-12-27)19-6-4-5-17(13-19)15-25-3/h4-8,13-14,16,18,25,28H,9-12,15H2,1-3H3,(H,26,29). The molecule has 3 N–H and O–H groups in total. The van der Waals surface area contributed by atoms with Crippen molar-refractivity contribution in [1.82, 2.24) is 15.5 Å². The van der Waals surface area contributed by atoms with Gasteiger partial charge in [-0.1, -0.05) is 24.3 Å². The maximum atomic E-state index is 13.0. The molecule has 0 bridgehead atoms. The minimum absolute atomic E-state index is 0.0538. The van der Waals surface area contributed by atoms with E-state index in [-0.39, 0.29) is 29.2 Å². The van der Waals surface area contributed by atoms with Crippen LogP contribution in [0.25, 0.3) is 0 Å². The van der Waals surface area contributed by atoms with E-state index in [0.717, 1.165) is 19.4 Å². The first-order valence-corrected chi connectivity index (χ1v) is 10.6. The number of nitrogens with one attached hydrogen (secondary N) is 2. The summed E-state index contributed by atoms with van der Waals surface area (Å²) in [5.41, 5.74) is 3.15. The number of aromatic hydroxyl groups is 1. The molecule has 0 aliphatic carbocycles. The van der Waals surface area contributed by atoms with E-state index < -0.39 is 0 Å². The summed E-state index contributed by atoms with van der Waals surface area (Å²) in [4.78, 5) is 27.1. The van der Waals surface area contributed by atoms with Crippen molar-refractivity contribution < 1.29 is 14.7 Å². The summed E-state index contributed by atoms with van der Waals surface area (Å²) < 4.78 is 0. The largest absolute Gasteiger partial charge is 0.507 e. The van der Waals surface area contributed by atoms with Crippen molar-refractivity contribution in [2.75, 3.05) is 20.1 Å². The second-order valence-corrected chi connectivity index (χ2v) is 8.20. The number of hydrogen-bond donors (Lipinski definition) is 3. The van der Waals surface area contributed by atoms with Crippen LogP contribution in [0.15, 0.2) is 42.5 Å². The van der Waals surface area contributed by atoms with Gasteiger partial charge in [-0.15, -0.1) is 0 Å². The summed E-state index contributed by atoms with van der Waals surface area (Å²) in [6.07, 6.45) is 1.82. The van der Waals surface area contributed by atoms with E-state index >= 15 is 0 Å².